The Morgan fingerprint density at radius 3 is 2.73 bits per heavy atom. The molecule has 0 bridgehead atoms. The number of carbonyl (C=O) groups is 3. The number of hydrogen-bond acceptors (Lipinski definition) is 6. The topological polar surface area (TPSA) is 114 Å². The summed E-state index contributed by atoms with van der Waals surface area (Å²) in [5, 5.41) is 5.63. The maximum Gasteiger partial charge on any atom is 0.322 e. The third-order valence-corrected chi connectivity index (χ3v) is 5.59. The van der Waals surface area contributed by atoms with Gasteiger partial charge >= 0.3 is 6.03 Å². The predicted octanol–water partition coefficient (Wildman–Crippen LogP) is 3.08. The molecule has 4 heterocycles. The van der Waals surface area contributed by atoms with Gasteiger partial charge in [-0.1, -0.05) is 19.9 Å². The summed E-state index contributed by atoms with van der Waals surface area (Å²) < 4.78 is 25.6. The normalized spacial score (nSPS) is 19.5. The standard InChI is InChI=1S/C21H17FN4O5.C2H6/c1-30-14-3-2-11-9-26(19(28)17(11)18(14)22)10-21(7-16(27)24-20(29)25-21)15-6-12-8-23-5-4-13(12)31-15;1-2/h2-6,8H,7,9-10H2,1H3,(H2,24,25,27,29);1-2H3/t21-;/m0./s1. The van der Waals surface area contributed by atoms with Crippen LogP contribution >= 0.6 is 0 Å². The van der Waals surface area contributed by atoms with Crippen LogP contribution in [0, 0.1) is 5.82 Å². The van der Waals surface area contributed by atoms with Crippen molar-refractivity contribution >= 4 is 28.8 Å². The summed E-state index contributed by atoms with van der Waals surface area (Å²) >= 11 is 0. The summed E-state index contributed by atoms with van der Waals surface area (Å²) in [6.45, 7) is 4.03. The second-order valence-electron chi connectivity index (χ2n) is 7.56. The minimum absolute atomic E-state index is 0.0289. The van der Waals surface area contributed by atoms with Crippen LogP contribution in [0.3, 0.4) is 0 Å². The van der Waals surface area contributed by atoms with Crippen molar-refractivity contribution in [1.29, 1.82) is 0 Å². The molecule has 0 spiro atoms. The van der Waals surface area contributed by atoms with E-state index in [1.807, 2.05) is 13.8 Å². The number of ether oxygens (including phenoxy) is 1. The zero-order chi connectivity index (χ0) is 23.8. The largest absolute Gasteiger partial charge is 0.494 e. The number of aromatic nitrogens is 1. The summed E-state index contributed by atoms with van der Waals surface area (Å²) in [7, 11) is 1.32. The number of nitrogens with one attached hydrogen (secondary N) is 2. The van der Waals surface area contributed by atoms with Crippen LogP contribution in [0.5, 0.6) is 5.75 Å². The zero-order valence-electron chi connectivity index (χ0n) is 18.4. The number of halogens is 1. The quantitative estimate of drug-likeness (QED) is 0.626. The van der Waals surface area contributed by atoms with Crippen molar-refractivity contribution in [2.24, 2.45) is 0 Å². The molecule has 0 aliphatic carbocycles. The number of hydrogen-bond donors (Lipinski definition) is 2. The van der Waals surface area contributed by atoms with Crippen LogP contribution in [-0.4, -0.2) is 41.4 Å². The van der Waals surface area contributed by atoms with Crippen molar-refractivity contribution in [1.82, 2.24) is 20.5 Å². The number of benzene rings is 1. The fourth-order valence-electron chi connectivity index (χ4n) is 4.19. The number of furan rings is 1. The Morgan fingerprint density at radius 1 is 1.24 bits per heavy atom. The monoisotopic (exact) mass is 454 g/mol. The molecule has 1 saturated heterocycles. The minimum atomic E-state index is -1.32. The molecule has 0 saturated carbocycles. The van der Waals surface area contributed by atoms with Crippen LogP contribution in [0.2, 0.25) is 0 Å². The van der Waals surface area contributed by atoms with E-state index in [4.69, 9.17) is 9.15 Å². The first-order valence-corrected chi connectivity index (χ1v) is 10.5. The van der Waals surface area contributed by atoms with Crippen molar-refractivity contribution in [3.63, 3.8) is 0 Å². The zero-order valence-corrected chi connectivity index (χ0v) is 18.4. The number of amides is 4. The lowest BCUT2D eigenvalue weighted by molar-refractivity contribution is -0.123. The van der Waals surface area contributed by atoms with Gasteiger partial charge in [0.15, 0.2) is 11.6 Å². The van der Waals surface area contributed by atoms with E-state index in [-0.39, 0.29) is 30.8 Å². The van der Waals surface area contributed by atoms with Crippen LogP contribution in [0.4, 0.5) is 9.18 Å². The molecular weight excluding hydrogens is 431 g/mol. The molecule has 172 valence electrons. The van der Waals surface area contributed by atoms with Crippen molar-refractivity contribution < 1.29 is 27.9 Å². The number of pyridine rings is 1. The fourth-order valence-corrected chi connectivity index (χ4v) is 4.19. The van der Waals surface area contributed by atoms with Gasteiger partial charge in [-0.3, -0.25) is 19.9 Å². The van der Waals surface area contributed by atoms with E-state index in [0.717, 1.165) is 0 Å². The molecule has 10 heteroatoms. The predicted molar refractivity (Wildman–Crippen MR) is 116 cm³/mol. The lowest BCUT2D eigenvalue weighted by atomic mass is 9.89. The van der Waals surface area contributed by atoms with E-state index < -0.39 is 29.2 Å². The van der Waals surface area contributed by atoms with E-state index in [1.165, 1.54) is 18.1 Å². The van der Waals surface area contributed by atoms with Gasteiger partial charge in [0.25, 0.3) is 5.91 Å². The molecule has 4 amide bonds. The number of fused-ring (bicyclic) bond motifs is 2. The molecule has 2 aromatic heterocycles. The van der Waals surface area contributed by atoms with E-state index >= 15 is 0 Å². The molecule has 2 aliphatic heterocycles. The highest BCUT2D eigenvalue weighted by atomic mass is 19.1. The number of rotatable bonds is 4. The first-order valence-electron chi connectivity index (χ1n) is 10.5. The highest BCUT2D eigenvalue weighted by molar-refractivity contribution is 6.00. The Balaban J connectivity index is 0.00000126. The average molecular weight is 454 g/mol. The Hall–Kier alpha value is -3.95. The molecule has 1 fully saturated rings. The summed E-state index contributed by atoms with van der Waals surface area (Å²) in [6.07, 6.45) is 3.00. The van der Waals surface area contributed by atoms with Gasteiger partial charge in [0.05, 0.1) is 25.6 Å². The van der Waals surface area contributed by atoms with Crippen molar-refractivity contribution in [3.8, 4) is 5.75 Å². The van der Waals surface area contributed by atoms with Gasteiger partial charge in [-0.05, 0) is 23.8 Å². The second-order valence-corrected chi connectivity index (χ2v) is 7.56. The summed E-state index contributed by atoms with van der Waals surface area (Å²) in [5.41, 5.74) is -0.373. The first-order chi connectivity index (χ1) is 15.9. The molecule has 5 rings (SSSR count). The number of carbonyl (C=O) groups excluding carboxylic acids is 3. The van der Waals surface area contributed by atoms with Crippen molar-refractivity contribution in [2.75, 3.05) is 13.7 Å². The molecular formula is C23H23FN4O5. The van der Waals surface area contributed by atoms with Crippen LogP contribution < -0.4 is 15.4 Å². The molecule has 33 heavy (non-hydrogen) atoms. The van der Waals surface area contributed by atoms with Crippen molar-refractivity contribution in [2.45, 2.75) is 32.4 Å². The number of methoxy groups -OCH3 is 1. The van der Waals surface area contributed by atoms with Gasteiger partial charge < -0.3 is 19.4 Å². The van der Waals surface area contributed by atoms with E-state index in [9.17, 15) is 18.8 Å². The highest BCUT2D eigenvalue weighted by Gasteiger charge is 2.47. The Labute approximate surface area is 188 Å². The van der Waals surface area contributed by atoms with Gasteiger partial charge in [-0.15, -0.1) is 0 Å². The Kier molecular flexibility index (Phi) is 5.75. The molecule has 2 aliphatic rings. The summed E-state index contributed by atoms with van der Waals surface area (Å²) in [6, 6.07) is 5.73. The SMILES string of the molecule is CC.COc1ccc2c(c1F)C(=O)N(C[C@]1(c3cc4cnccc4o3)CC(=O)NC(=O)N1)C2. The number of imide groups is 1. The highest BCUT2D eigenvalue weighted by Crippen LogP contribution is 2.37. The molecule has 3 aromatic rings. The molecule has 0 radical (unpaired) electrons. The third kappa shape index (κ3) is 3.77. The third-order valence-electron chi connectivity index (χ3n) is 5.59. The van der Waals surface area contributed by atoms with Gasteiger partial charge in [0.1, 0.15) is 16.9 Å². The van der Waals surface area contributed by atoms with E-state index in [0.29, 0.717) is 22.3 Å². The molecule has 1 atom stereocenters. The average Bonchev–Trinajstić information content (AvgIpc) is 3.37. The fraction of sp³-hybridized carbons (Fsp3) is 0.304. The van der Waals surface area contributed by atoms with Crippen LogP contribution in [0.15, 0.2) is 41.1 Å². The molecule has 2 N–H and O–H groups in total. The summed E-state index contributed by atoms with van der Waals surface area (Å²) in [4.78, 5) is 43.0. The number of nitrogens with zero attached hydrogens (tertiary/aromatic N) is 2. The van der Waals surface area contributed by atoms with Gasteiger partial charge in [-0.2, -0.15) is 0 Å². The second kappa shape index (κ2) is 8.53. The van der Waals surface area contributed by atoms with Gasteiger partial charge in [0, 0.05) is 24.3 Å². The number of urea groups is 1. The first kappa shape index (κ1) is 22.3. The van der Waals surface area contributed by atoms with Crippen LogP contribution in [0.1, 0.15) is 41.9 Å². The van der Waals surface area contributed by atoms with E-state index in [1.54, 1.807) is 30.6 Å². The molecule has 9 nitrogen and oxygen atoms in total. The maximum atomic E-state index is 14.7. The van der Waals surface area contributed by atoms with Gasteiger partial charge in [0.2, 0.25) is 5.91 Å². The Bertz CT molecular complexity index is 1210. The van der Waals surface area contributed by atoms with Gasteiger partial charge in [-0.25, -0.2) is 9.18 Å². The molecule has 0 unspecified atom stereocenters. The molecule has 1 aromatic carbocycles. The van der Waals surface area contributed by atoms with Crippen LogP contribution in [-0.2, 0) is 16.9 Å². The lowest BCUT2D eigenvalue weighted by Crippen LogP contribution is -2.62. The van der Waals surface area contributed by atoms with E-state index in [2.05, 4.69) is 15.6 Å². The smallest absolute Gasteiger partial charge is 0.322 e. The summed E-state index contributed by atoms with van der Waals surface area (Å²) in [5.74, 6) is -1.52. The lowest BCUT2D eigenvalue weighted by Gasteiger charge is -2.38. The maximum absolute atomic E-state index is 14.7. The minimum Gasteiger partial charge on any atom is -0.494 e. The van der Waals surface area contributed by atoms with Crippen LogP contribution in [0.25, 0.3) is 11.0 Å². The Morgan fingerprint density at radius 2 is 2.03 bits per heavy atom. The van der Waals surface area contributed by atoms with Crippen molar-refractivity contribution in [3.05, 3.63) is 59.4 Å².